The maximum absolute atomic E-state index is 14.9. The first-order valence-corrected chi connectivity index (χ1v) is 13.4. The molecule has 0 radical (unpaired) electrons. The molecule has 1 atom stereocenters. The highest BCUT2D eigenvalue weighted by Crippen LogP contribution is 2.46. The van der Waals surface area contributed by atoms with Crippen LogP contribution in [-0.2, 0) is 45.7 Å². The molecule has 9 heteroatoms. The van der Waals surface area contributed by atoms with E-state index in [4.69, 9.17) is 0 Å². The molecule has 40 heavy (non-hydrogen) atoms. The number of hydrogen-bond acceptors (Lipinski definition) is 5. The zero-order chi connectivity index (χ0) is 28.7. The highest BCUT2D eigenvalue weighted by molar-refractivity contribution is 6.06. The Morgan fingerprint density at radius 1 is 1.10 bits per heavy atom. The lowest BCUT2D eigenvalue weighted by molar-refractivity contribution is -0.142. The first-order chi connectivity index (χ1) is 19.0. The van der Waals surface area contributed by atoms with Gasteiger partial charge in [0.25, 0.3) is 0 Å². The van der Waals surface area contributed by atoms with Crippen molar-refractivity contribution < 1.29 is 18.8 Å². The van der Waals surface area contributed by atoms with Crippen molar-refractivity contribution in [2.24, 2.45) is 5.41 Å². The van der Waals surface area contributed by atoms with Crippen molar-refractivity contribution in [3.8, 4) is 0 Å². The van der Waals surface area contributed by atoms with Gasteiger partial charge >= 0.3 is 0 Å². The van der Waals surface area contributed by atoms with E-state index >= 15 is 0 Å². The number of amides is 3. The smallest absolute Gasteiger partial charge is 0.244 e. The number of benzene rings is 2. The Labute approximate surface area is 233 Å². The maximum atomic E-state index is 14.9. The number of carbonyl (C=O) groups excluding carboxylic acids is 3. The third-order valence-corrected chi connectivity index (χ3v) is 7.66. The molecule has 2 aromatic carbocycles. The Kier molecular flexibility index (Phi) is 7.18. The average molecular weight is 544 g/mol. The topological polar surface area (TPSA) is 103 Å². The summed E-state index contributed by atoms with van der Waals surface area (Å²) in [5.41, 5.74) is 3.16. The minimum Gasteiger partial charge on any atom is -0.328 e. The van der Waals surface area contributed by atoms with Crippen LogP contribution in [0.5, 0.6) is 0 Å². The molecule has 3 amide bonds. The summed E-state index contributed by atoms with van der Waals surface area (Å²) in [4.78, 5) is 45.3. The van der Waals surface area contributed by atoms with Gasteiger partial charge in [0.05, 0.1) is 5.41 Å². The Hall–Kier alpha value is -4.11. The molecule has 1 unspecified atom stereocenters. The summed E-state index contributed by atoms with van der Waals surface area (Å²) in [6, 6.07) is 14.2. The molecular formula is C31H34FN5O3. The summed E-state index contributed by atoms with van der Waals surface area (Å²) in [5, 5.41) is 8.84. The Morgan fingerprint density at radius 2 is 1.88 bits per heavy atom. The monoisotopic (exact) mass is 543 g/mol. The molecule has 2 heterocycles. The molecule has 1 aliphatic carbocycles. The van der Waals surface area contributed by atoms with E-state index in [1.54, 1.807) is 40.1 Å². The number of pyridine rings is 1. The van der Waals surface area contributed by atoms with Crippen LogP contribution >= 0.6 is 0 Å². The van der Waals surface area contributed by atoms with Gasteiger partial charge in [-0.1, -0.05) is 45.0 Å². The van der Waals surface area contributed by atoms with Gasteiger partial charge in [-0.3, -0.25) is 14.4 Å². The van der Waals surface area contributed by atoms with Gasteiger partial charge < -0.3 is 20.9 Å². The predicted molar refractivity (Wildman–Crippen MR) is 151 cm³/mol. The van der Waals surface area contributed by atoms with Crippen molar-refractivity contribution >= 4 is 29.2 Å². The van der Waals surface area contributed by atoms with Crippen LogP contribution in [0.3, 0.4) is 0 Å². The van der Waals surface area contributed by atoms with Crippen molar-refractivity contribution in [1.82, 2.24) is 15.2 Å². The van der Waals surface area contributed by atoms with Crippen LogP contribution in [0.15, 0.2) is 54.7 Å². The molecule has 3 aromatic rings. The first-order valence-electron chi connectivity index (χ1n) is 13.4. The van der Waals surface area contributed by atoms with Crippen LogP contribution in [0.2, 0.25) is 0 Å². The third-order valence-electron chi connectivity index (χ3n) is 7.66. The predicted octanol–water partition coefficient (Wildman–Crippen LogP) is 3.94. The molecule has 3 N–H and O–H groups in total. The number of nitrogens with zero attached hydrogens (tertiary/aromatic N) is 2. The lowest BCUT2D eigenvalue weighted by Crippen LogP contribution is -2.43. The van der Waals surface area contributed by atoms with Crippen molar-refractivity contribution in [3.63, 3.8) is 0 Å². The zero-order valence-corrected chi connectivity index (χ0v) is 23.2. The van der Waals surface area contributed by atoms with Gasteiger partial charge in [0.2, 0.25) is 17.7 Å². The SMILES string of the molecule is CNCc1cccc(F)c1CN(CC(=O)Nc1ccc2c(c1)CC1(C2)C(=O)Nc2ncccc21)C(=O)C(C)(C)C. The standard InChI is InChI=1S/C31H34FN5O3/c1-30(2,3)29(40)37(17-23-20(16-33-4)7-5-9-25(23)32)18-26(38)35-22-11-10-19-14-31(15-21(19)13-22)24-8-6-12-34-27(24)36-28(31)39/h5-13,33H,14-18H2,1-4H3,(H,35,38)(H,34,36,39). The van der Waals surface area contributed by atoms with Crippen LogP contribution in [0.1, 0.15) is 48.6 Å². The first kappa shape index (κ1) is 27.5. The molecule has 0 saturated carbocycles. The van der Waals surface area contributed by atoms with Gasteiger partial charge in [-0.2, -0.15) is 0 Å². The Morgan fingerprint density at radius 3 is 2.62 bits per heavy atom. The fourth-order valence-electron chi connectivity index (χ4n) is 5.72. The van der Waals surface area contributed by atoms with E-state index in [0.29, 0.717) is 36.5 Å². The number of fused-ring (bicyclic) bond motifs is 3. The lowest BCUT2D eigenvalue weighted by atomic mass is 9.79. The fraction of sp³-hybridized carbons (Fsp3) is 0.355. The summed E-state index contributed by atoms with van der Waals surface area (Å²) >= 11 is 0. The zero-order valence-electron chi connectivity index (χ0n) is 23.2. The van der Waals surface area contributed by atoms with Crippen molar-refractivity contribution in [2.45, 2.75) is 52.1 Å². The summed E-state index contributed by atoms with van der Waals surface area (Å²) in [7, 11) is 1.77. The van der Waals surface area contributed by atoms with Crippen LogP contribution in [0, 0.1) is 11.2 Å². The summed E-state index contributed by atoms with van der Waals surface area (Å²) in [6.45, 7) is 5.51. The third kappa shape index (κ3) is 5.09. The van der Waals surface area contributed by atoms with E-state index in [0.717, 1.165) is 22.3 Å². The Balaban J connectivity index is 1.34. The van der Waals surface area contributed by atoms with E-state index in [1.807, 2.05) is 36.4 Å². The number of rotatable bonds is 7. The normalized spacial score (nSPS) is 17.4. The molecular weight excluding hydrogens is 509 g/mol. The number of carbonyl (C=O) groups is 3. The number of aromatic nitrogens is 1. The fourth-order valence-corrected chi connectivity index (χ4v) is 5.72. The highest BCUT2D eigenvalue weighted by Gasteiger charge is 2.51. The largest absolute Gasteiger partial charge is 0.328 e. The van der Waals surface area contributed by atoms with Crippen LogP contribution in [0.4, 0.5) is 15.9 Å². The summed E-state index contributed by atoms with van der Waals surface area (Å²) in [6.07, 6.45) is 2.73. The molecule has 2 aliphatic rings. The van der Waals surface area contributed by atoms with E-state index in [-0.39, 0.29) is 30.8 Å². The molecule has 1 aromatic heterocycles. The van der Waals surface area contributed by atoms with Gasteiger partial charge in [0.1, 0.15) is 18.2 Å². The maximum Gasteiger partial charge on any atom is 0.244 e. The molecule has 8 nitrogen and oxygen atoms in total. The van der Waals surface area contributed by atoms with E-state index in [9.17, 15) is 18.8 Å². The quantitative estimate of drug-likeness (QED) is 0.419. The molecule has 1 spiro atoms. The van der Waals surface area contributed by atoms with Crippen LogP contribution in [-0.4, -0.2) is 41.2 Å². The summed E-state index contributed by atoms with van der Waals surface area (Å²) in [5.74, 6) is -0.517. The number of halogens is 1. The van der Waals surface area contributed by atoms with Gasteiger partial charge in [-0.05, 0) is 60.8 Å². The van der Waals surface area contributed by atoms with Gasteiger partial charge in [0, 0.05) is 41.5 Å². The molecule has 0 saturated heterocycles. The molecule has 208 valence electrons. The van der Waals surface area contributed by atoms with E-state index in [1.165, 1.54) is 11.0 Å². The second-order valence-corrected chi connectivity index (χ2v) is 11.6. The second kappa shape index (κ2) is 10.5. The number of anilines is 2. The van der Waals surface area contributed by atoms with Crippen molar-refractivity contribution in [1.29, 1.82) is 0 Å². The average Bonchev–Trinajstić information content (AvgIpc) is 3.41. The summed E-state index contributed by atoms with van der Waals surface area (Å²) < 4.78 is 14.9. The highest BCUT2D eigenvalue weighted by atomic mass is 19.1. The van der Waals surface area contributed by atoms with Gasteiger partial charge in [-0.25, -0.2) is 9.37 Å². The number of nitrogens with one attached hydrogen (secondary N) is 3. The second-order valence-electron chi connectivity index (χ2n) is 11.6. The van der Waals surface area contributed by atoms with Gasteiger partial charge in [0.15, 0.2) is 0 Å². The lowest BCUT2D eigenvalue weighted by Gasteiger charge is -2.30. The van der Waals surface area contributed by atoms with Crippen LogP contribution in [0.25, 0.3) is 0 Å². The molecule has 1 aliphatic heterocycles. The Bertz CT molecular complexity index is 1500. The minimum atomic E-state index is -0.760. The number of hydrogen-bond donors (Lipinski definition) is 3. The molecule has 5 rings (SSSR count). The van der Waals surface area contributed by atoms with Crippen LogP contribution < -0.4 is 16.0 Å². The molecule has 0 fully saturated rings. The van der Waals surface area contributed by atoms with Crippen molar-refractivity contribution in [3.05, 3.63) is 88.4 Å². The van der Waals surface area contributed by atoms with Gasteiger partial charge in [-0.15, -0.1) is 0 Å². The molecule has 0 bridgehead atoms. The van der Waals surface area contributed by atoms with E-state index in [2.05, 4.69) is 20.9 Å². The van der Waals surface area contributed by atoms with E-state index < -0.39 is 16.6 Å². The van der Waals surface area contributed by atoms with Crippen molar-refractivity contribution in [2.75, 3.05) is 24.2 Å². The minimum absolute atomic E-state index is 0.0253.